The summed E-state index contributed by atoms with van der Waals surface area (Å²) in [6.07, 6.45) is 0. The van der Waals surface area contributed by atoms with Crippen molar-refractivity contribution in [2.45, 2.75) is 0 Å². The maximum atomic E-state index is 8.36. The average molecular weight is 176 g/mol. The molecule has 0 amide bonds. The SMILES string of the molecule is O.O=[N+]([O-])O.O=[N+]([O-])[O-].[H-].[H-].[Li+].[Mg+2]. The van der Waals surface area contributed by atoms with Crippen molar-refractivity contribution < 1.29 is 42.6 Å². The van der Waals surface area contributed by atoms with Gasteiger partial charge in [0.2, 0.25) is 0 Å². The molecule has 11 heteroatoms. The van der Waals surface area contributed by atoms with Gasteiger partial charge in [-0.1, -0.05) is 0 Å². The minimum absolute atomic E-state index is 0. The minimum atomic E-state index is -1.75. The normalized spacial score (nSPS) is 4.36. The Labute approximate surface area is 91.2 Å². The Morgan fingerprint density at radius 1 is 1.18 bits per heavy atom. The summed E-state index contributed by atoms with van der Waals surface area (Å²) < 4.78 is 0. The predicted molar refractivity (Wildman–Crippen MR) is 30.7 cm³/mol. The van der Waals surface area contributed by atoms with Crippen LogP contribution in [0, 0.1) is 25.4 Å². The second-order valence-electron chi connectivity index (χ2n) is 0.461. The summed E-state index contributed by atoms with van der Waals surface area (Å²) in [5, 5.41) is 28.4. The molecule has 0 unspecified atom stereocenters. The maximum absolute atomic E-state index is 8.36. The number of hydrogen-bond donors (Lipinski definition) is 1. The van der Waals surface area contributed by atoms with E-state index in [1.165, 1.54) is 0 Å². The maximum Gasteiger partial charge on any atom is 2.00 e. The van der Waals surface area contributed by atoms with Gasteiger partial charge in [0.25, 0.3) is 5.09 Å². The van der Waals surface area contributed by atoms with Gasteiger partial charge in [0.1, 0.15) is 0 Å². The van der Waals surface area contributed by atoms with Gasteiger partial charge in [-0.15, -0.1) is 10.1 Å². The summed E-state index contributed by atoms with van der Waals surface area (Å²) in [4.78, 5) is 16.6. The second kappa shape index (κ2) is 22.6. The molecule has 0 aliphatic carbocycles. The van der Waals surface area contributed by atoms with Crippen LogP contribution in [0.4, 0.5) is 0 Å². The Morgan fingerprint density at radius 2 is 1.18 bits per heavy atom. The van der Waals surface area contributed by atoms with Gasteiger partial charge in [0.15, 0.2) is 0 Å². The van der Waals surface area contributed by atoms with Crippen LogP contribution >= 0.6 is 0 Å². The molecule has 0 fully saturated rings. The van der Waals surface area contributed by atoms with E-state index in [4.69, 9.17) is 30.6 Å². The van der Waals surface area contributed by atoms with Crippen molar-refractivity contribution in [3.8, 4) is 0 Å². The molecule has 60 valence electrons. The Kier molecular flexibility index (Phi) is 63.6. The summed E-state index contributed by atoms with van der Waals surface area (Å²) >= 11 is 0. The zero-order valence-corrected chi connectivity index (χ0v) is 7.00. The van der Waals surface area contributed by atoms with E-state index in [9.17, 15) is 0 Å². The van der Waals surface area contributed by atoms with Gasteiger partial charge in [0, 0.05) is 0 Å². The fourth-order valence-electron chi connectivity index (χ4n) is 0. The topological polar surface area (TPSA) is 161 Å². The fraction of sp³-hybridized carbons (Fsp3) is 0. The van der Waals surface area contributed by atoms with E-state index in [1.807, 2.05) is 0 Å². The third-order valence-corrected chi connectivity index (χ3v) is 0. The third kappa shape index (κ3) is 7590. The van der Waals surface area contributed by atoms with Gasteiger partial charge in [-0.3, -0.25) is 0 Å². The molecule has 0 saturated heterocycles. The zero-order valence-electron chi connectivity index (χ0n) is 7.59. The molecule has 0 aromatic carbocycles. The van der Waals surface area contributed by atoms with Gasteiger partial charge >= 0.3 is 41.9 Å². The van der Waals surface area contributed by atoms with Crippen molar-refractivity contribution >= 4 is 23.1 Å². The molecule has 0 aliphatic heterocycles. The molecule has 0 aromatic heterocycles. The minimum Gasteiger partial charge on any atom is -1.00 e. The van der Waals surface area contributed by atoms with Crippen LogP contribution in [0.5, 0.6) is 0 Å². The summed E-state index contributed by atoms with van der Waals surface area (Å²) in [5.74, 6) is 0. The van der Waals surface area contributed by atoms with E-state index in [-0.39, 0.29) is 50.2 Å². The van der Waals surface area contributed by atoms with E-state index < -0.39 is 10.2 Å². The van der Waals surface area contributed by atoms with Crippen LogP contribution in [0.3, 0.4) is 0 Å². The first-order valence-corrected chi connectivity index (χ1v) is 1.11. The van der Waals surface area contributed by atoms with Crippen molar-refractivity contribution in [3.63, 3.8) is 0 Å². The molecule has 0 spiro atoms. The predicted octanol–water partition coefficient (Wildman–Crippen LogP) is -4.56. The van der Waals surface area contributed by atoms with Crippen molar-refractivity contribution in [1.82, 2.24) is 0 Å². The Morgan fingerprint density at radius 3 is 1.18 bits per heavy atom. The number of rotatable bonds is 0. The van der Waals surface area contributed by atoms with Gasteiger partial charge in [-0.05, 0) is 0 Å². The summed E-state index contributed by atoms with van der Waals surface area (Å²) in [6, 6.07) is 0. The smallest absolute Gasteiger partial charge is 1.00 e. The van der Waals surface area contributed by atoms with E-state index in [0.717, 1.165) is 0 Å². The van der Waals surface area contributed by atoms with E-state index in [2.05, 4.69) is 0 Å². The molecule has 0 rings (SSSR count). The Hall–Kier alpha value is -0.276. The summed E-state index contributed by atoms with van der Waals surface area (Å²) in [5.41, 5.74) is 0. The molecule has 0 saturated carbocycles. The number of hydrogen-bond acceptors (Lipinski definition) is 5. The molecule has 0 aliphatic rings. The van der Waals surface area contributed by atoms with Crippen LogP contribution < -0.4 is 18.9 Å². The first kappa shape index (κ1) is 30.9. The van der Waals surface area contributed by atoms with Crippen LogP contribution in [0.1, 0.15) is 2.85 Å². The van der Waals surface area contributed by atoms with Gasteiger partial charge in [-0.2, -0.15) is 0 Å². The molecule has 0 bridgehead atoms. The molecular formula is H5LiMgN2O7. The van der Waals surface area contributed by atoms with Crippen LogP contribution in [-0.2, 0) is 0 Å². The molecule has 0 radical (unpaired) electrons. The first-order chi connectivity index (χ1) is 3.46. The zero-order chi connectivity index (χ0) is 7.15. The van der Waals surface area contributed by atoms with Crippen molar-refractivity contribution in [2.24, 2.45) is 0 Å². The van der Waals surface area contributed by atoms with Gasteiger partial charge in [0.05, 0.1) is 5.09 Å². The molecule has 0 aromatic rings. The van der Waals surface area contributed by atoms with Gasteiger partial charge in [-0.25, -0.2) is 0 Å². The molecular weight excluding hydrogens is 171 g/mol. The Balaban J connectivity index is -0.00000000800. The average Bonchev–Trinajstić information content (AvgIpc) is 1.25. The summed E-state index contributed by atoms with van der Waals surface area (Å²) in [6.45, 7) is 0. The fourth-order valence-corrected chi connectivity index (χ4v) is 0. The molecule has 9 nitrogen and oxygen atoms in total. The molecule has 3 N–H and O–H groups in total. The second-order valence-corrected chi connectivity index (χ2v) is 0.461. The van der Waals surface area contributed by atoms with Crippen molar-refractivity contribution in [2.75, 3.05) is 0 Å². The molecule has 0 atom stereocenters. The Bertz CT molecular complexity index is 82.5. The largest absolute Gasteiger partial charge is 2.00 e. The van der Waals surface area contributed by atoms with E-state index in [1.54, 1.807) is 0 Å². The molecule has 11 heavy (non-hydrogen) atoms. The van der Waals surface area contributed by atoms with Gasteiger partial charge < -0.3 is 28.9 Å². The standard InChI is InChI=1S/Li.Mg.HNO3.NO3.H2O.2H/c;;2*2-1(3)4;;;/h;;(H,2,3,4);;1H2;;/q+1;+2;;-1;;2*-1. The molecule has 0 heterocycles. The van der Waals surface area contributed by atoms with Crippen molar-refractivity contribution in [3.05, 3.63) is 25.4 Å². The van der Waals surface area contributed by atoms with Crippen LogP contribution in [0.15, 0.2) is 0 Å². The van der Waals surface area contributed by atoms with Crippen LogP contribution in [0.25, 0.3) is 0 Å². The summed E-state index contributed by atoms with van der Waals surface area (Å²) in [7, 11) is 0. The van der Waals surface area contributed by atoms with E-state index in [0.29, 0.717) is 0 Å². The first-order valence-electron chi connectivity index (χ1n) is 1.11. The quantitative estimate of drug-likeness (QED) is 0.222. The van der Waals surface area contributed by atoms with E-state index >= 15 is 0 Å². The van der Waals surface area contributed by atoms with Crippen molar-refractivity contribution in [1.29, 1.82) is 0 Å². The monoisotopic (exact) mass is 176 g/mol. The van der Waals surface area contributed by atoms with Crippen LogP contribution in [-0.4, -0.2) is 43.9 Å². The van der Waals surface area contributed by atoms with Crippen LogP contribution in [0.2, 0.25) is 0 Å². The third-order valence-electron chi connectivity index (χ3n) is 0. The number of nitrogens with zero attached hydrogens (tertiary/aromatic N) is 2.